The maximum absolute atomic E-state index is 2.65. The van der Waals surface area contributed by atoms with Gasteiger partial charge in [0.15, 0.2) is 0 Å². The van der Waals surface area contributed by atoms with Crippen LogP contribution in [0.2, 0.25) is 0 Å². The molecule has 0 aromatic carbocycles. The van der Waals surface area contributed by atoms with E-state index in [0.29, 0.717) is 0 Å². The highest BCUT2D eigenvalue weighted by atomic mass is 15.3. The van der Waals surface area contributed by atoms with Gasteiger partial charge in [-0.3, -0.25) is 4.90 Å². The second-order valence-electron chi connectivity index (χ2n) is 6.41. The zero-order valence-corrected chi connectivity index (χ0v) is 11.7. The van der Waals surface area contributed by atoms with Crippen molar-refractivity contribution in [1.82, 2.24) is 9.80 Å². The van der Waals surface area contributed by atoms with Gasteiger partial charge in [-0.1, -0.05) is 45.1 Å². The third-order valence-corrected chi connectivity index (χ3v) is 4.24. The van der Waals surface area contributed by atoms with Crippen LogP contribution in [0.4, 0.5) is 0 Å². The molecule has 1 aliphatic carbocycles. The van der Waals surface area contributed by atoms with Crippen molar-refractivity contribution in [3.05, 3.63) is 24.3 Å². The van der Waals surface area contributed by atoms with Gasteiger partial charge in [-0.15, -0.1) is 0 Å². The van der Waals surface area contributed by atoms with E-state index in [4.69, 9.17) is 0 Å². The Kier molecular flexibility index (Phi) is 3.46. The van der Waals surface area contributed by atoms with Crippen LogP contribution in [0.5, 0.6) is 0 Å². The molecule has 1 fully saturated rings. The Hall–Kier alpha value is -0.600. The van der Waals surface area contributed by atoms with Crippen molar-refractivity contribution in [2.45, 2.75) is 32.7 Å². The van der Waals surface area contributed by atoms with E-state index in [0.717, 1.165) is 6.42 Å². The summed E-state index contributed by atoms with van der Waals surface area (Å²) in [7, 11) is 2.22. The summed E-state index contributed by atoms with van der Waals surface area (Å²) in [6.07, 6.45) is 10.6. The van der Waals surface area contributed by atoms with Crippen molar-refractivity contribution >= 4 is 0 Å². The lowest BCUT2D eigenvalue weighted by Gasteiger charge is -2.52. The van der Waals surface area contributed by atoms with Gasteiger partial charge < -0.3 is 4.90 Å². The predicted octanol–water partition coefficient (Wildman–Crippen LogP) is 2.53. The van der Waals surface area contributed by atoms with Gasteiger partial charge in [0, 0.05) is 26.2 Å². The molecule has 2 aliphatic rings. The van der Waals surface area contributed by atoms with E-state index in [1.165, 1.54) is 26.2 Å². The first-order chi connectivity index (χ1) is 7.96. The Morgan fingerprint density at radius 3 is 1.94 bits per heavy atom. The fourth-order valence-corrected chi connectivity index (χ4v) is 2.99. The van der Waals surface area contributed by atoms with Gasteiger partial charge in [-0.2, -0.15) is 0 Å². The topological polar surface area (TPSA) is 6.48 Å². The molecule has 0 spiro atoms. The lowest BCUT2D eigenvalue weighted by molar-refractivity contribution is 0.0309. The maximum atomic E-state index is 2.65. The maximum Gasteiger partial charge on any atom is 0.0625 e. The van der Waals surface area contributed by atoms with Crippen LogP contribution < -0.4 is 0 Å². The average Bonchev–Trinajstić information content (AvgIpc) is 2.29. The van der Waals surface area contributed by atoms with E-state index in [-0.39, 0.29) is 11.0 Å². The SMILES string of the molecule is CN1CCN(C2(C(C)(C)C)C=CCC=C2)CC1. The highest BCUT2D eigenvalue weighted by Crippen LogP contribution is 2.40. The molecule has 1 heterocycles. The fourth-order valence-electron chi connectivity index (χ4n) is 2.99. The van der Waals surface area contributed by atoms with Gasteiger partial charge in [0.05, 0.1) is 5.54 Å². The number of hydrogen-bond acceptors (Lipinski definition) is 2. The van der Waals surface area contributed by atoms with Crippen LogP contribution in [-0.4, -0.2) is 48.6 Å². The Morgan fingerprint density at radius 1 is 0.941 bits per heavy atom. The second kappa shape index (κ2) is 4.58. The third kappa shape index (κ3) is 2.34. The van der Waals surface area contributed by atoms with Crippen molar-refractivity contribution in [2.24, 2.45) is 5.41 Å². The van der Waals surface area contributed by atoms with E-state index >= 15 is 0 Å². The smallest absolute Gasteiger partial charge is 0.0625 e. The van der Waals surface area contributed by atoms with Gasteiger partial charge in [0.1, 0.15) is 0 Å². The van der Waals surface area contributed by atoms with E-state index < -0.39 is 0 Å². The Balaban J connectivity index is 2.25. The summed E-state index contributed by atoms with van der Waals surface area (Å²) in [4.78, 5) is 5.07. The molecule has 0 N–H and O–H groups in total. The molecule has 2 heteroatoms. The molecular weight excluding hydrogens is 208 g/mol. The number of likely N-dealkylation sites (N-methyl/N-ethyl adjacent to an activating group) is 1. The van der Waals surface area contributed by atoms with Crippen molar-refractivity contribution < 1.29 is 0 Å². The molecule has 96 valence electrons. The Labute approximate surface area is 106 Å². The number of nitrogens with zero attached hydrogens (tertiary/aromatic N) is 2. The molecule has 2 nitrogen and oxygen atoms in total. The molecule has 2 rings (SSSR count). The van der Waals surface area contributed by atoms with Gasteiger partial charge in [-0.25, -0.2) is 0 Å². The van der Waals surface area contributed by atoms with E-state index in [2.05, 4.69) is 61.9 Å². The van der Waals surface area contributed by atoms with Crippen LogP contribution in [-0.2, 0) is 0 Å². The van der Waals surface area contributed by atoms with Gasteiger partial charge in [0.25, 0.3) is 0 Å². The van der Waals surface area contributed by atoms with Gasteiger partial charge >= 0.3 is 0 Å². The molecule has 17 heavy (non-hydrogen) atoms. The van der Waals surface area contributed by atoms with Crippen molar-refractivity contribution in [2.75, 3.05) is 33.2 Å². The summed E-state index contributed by atoms with van der Waals surface area (Å²) >= 11 is 0. The van der Waals surface area contributed by atoms with Crippen molar-refractivity contribution in [1.29, 1.82) is 0 Å². The van der Waals surface area contributed by atoms with Crippen LogP contribution in [0.25, 0.3) is 0 Å². The lowest BCUT2D eigenvalue weighted by Crippen LogP contribution is -2.60. The third-order valence-electron chi connectivity index (χ3n) is 4.24. The predicted molar refractivity (Wildman–Crippen MR) is 74.2 cm³/mol. The Bertz CT molecular complexity index is 302. The molecule has 0 atom stereocenters. The van der Waals surface area contributed by atoms with Crippen LogP contribution >= 0.6 is 0 Å². The fraction of sp³-hybridized carbons (Fsp3) is 0.733. The van der Waals surface area contributed by atoms with E-state index in [9.17, 15) is 0 Å². The molecule has 0 aromatic heterocycles. The van der Waals surface area contributed by atoms with Crippen LogP contribution in [0.15, 0.2) is 24.3 Å². The summed E-state index contributed by atoms with van der Waals surface area (Å²) in [5, 5.41) is 0. The lowest BCUT2D eigenvalue weighted by atomic mass is 9.70. The van der Waals surface area contributed by atoms with E-state index in [1.54, 1.807) is 0 Å². The largest absolute Gasteiger partial charge is 0.304 e. The average molecular weight is 234 g/mol. The molecule has 0 radical (unpaired) electrons. The summed E-state index contributed by atoms with van der Waals surface area (Å²) in [6, 6.07) is 0. The minimum absolute atomic E-state index is 0.118. The molecule has 1 saturated heterocycles. The van der Waals surface area contributed by atoms with Crippen LogP contribution in [0.3, 0.4) is 0 Å². The molecule has 0 amide bonds. The number of allylic oxidation sites excluding steroid dienone is 2. The van der Waals surface area contributed by atoms with Gasteiger partial charge in [-0.05, 0) is 18.9 Å². The number of hydrogen-bond donors (Lipinski definition) is 0. The summed E-state index contributed by atoms with van der Waals surface area (Å²) in [5.41, 5.74) is 0.364. The first kappa shape index (κ1) is 12.8. The first-order valence-corrected chi connectivity index (χ1v) is 6.75. The molecule has 0 bridgehead atoms. The quantitative estimate of drug-likeness (QED) is 0.643. The van der Waals surface area contributed by atoms with Crippen LogP contribution in [0.1, 0.15) is 27.2 Å². The molecule has 1 aliphatic heterocycles. The highest BCUT2D eigenvalue weighted by Gasteiger charge is 2.43. The molecule has 0 unspecified atom stereocenters. The minimum Gasteiger partial charge on any atom is -0.304 e. The summed E-state index contributed by atoms with van der Waals surface area (Å²) in [6.45, 7) is 11.8. The molecule has 0 aromatic rings. The molecule has 0 saturated carbocycles. The summed E-state index contributed by atoms with van der Waals surface area (Å²) in [5.74, 6) is 0. The minimum atomic E-state index is 0.118. The van der Waals surface area contributed by atoms with Gasteiger partial charge in [0.2, 0.25) is 0 Å². The van der Waals surface area contributed by atoms with Crippen molar-refractivity contribution in [3.63, 3.8) is 0 Å². The normalized spacial score (nSPS) is 26.4. The zero-order chi connectivity index (χ0) is 12.5. The second-order valence-corrected chi connectivity index (χ2v) is 6.41. The Morgan fingerprint density at radius 2 is 1.47 bits per heavy atom. The standard InChI is InChI=1S/C15H26N2/c1-14(2,3)15(8-6-5-7-9-15)17-12-10-16(4)11-13-17/h6-9H,5,10-13H2,1-4H3. The highest BCUT2D eigenvalue weighted by molar-refractivity contribution is 5.28. The summed E-state index contributed by atoms with van der Waals surface area (Å²) < 4.78 is 0. The van der Waals surface area contributed by atoms with Crippen LogP contribution in [0, 0.1) is 5.41 Å². The zero-order valence-electron chi connectivity index (χ0n) is 11.7. The first-order valence-electron chi connectivity index (χ1n) is 6.75. The van der Waals surface area contributed by atoms with E-state index in [1.807, 2.05) is 0 Å². The number of rotatable bonds is 1. The number of piperazine rings is 1. The van der Waals surface area contributed by atoms with Crippen molar-refractivity contribution in [3.8, 4) is 0 Å². The monoisotopic (exact) mass is 234 g/mol. The molecular formula is C15H26N2.